The molecule has 0 fully saturated rings. The van der Waals surface area contributed by atoms with Crippen molar-refractivity contribution in [2.45, 2.75) is 31.8 Å². The molecule has 0 aromatic heterocycles. The van der Waals surface area contributed by atoms with E-state index >= 15 is 0 Å². The third-order valence-corrected chi connectivity index (χ3v) is 4.09. The van der Waals surface area contributed by atoms with Gasteiger partial charge in [0.25, 0.3) is 0 Å². The van der Waals surface area contributed by atoms with Crippen LogP contribution in [0.2, 0.25) is 0 Å². The van der Waals surface area contributed by atoms with Gasteiger partial charge in [0, 0.05) is 16.7 Å². The molecule has 15 heavy (non-hydrogen) atoms. The fourth-order valence-corrected chi connectivity index (χ4v) is 2.19. The molecular weight excluding hydrogens is 209 g/mol. The Morgan fingerprint density at radius 1 is 1.33 bits per heavy atom. The predicted octanol–water partition coefficient (Wildman–Crippen LogP) is 3.69. The van der Waals surface area contributed by atoms with Gasteiger partial charge in [0.05, 0.1) is 0 Å². The van der Waals surface area contributed by atoms with Crippen molar-refractivity contribution in [1.29, 1.82) is 0 Å². The lowest BCUT2D eigenvalue weighted by Crippen LogP contribution is -2.06. The first-order valence-corrected chi connectivity index (χ1v) is 6.21. The second-order valence-electron chi connectivity index (χ2n) is 4.10. The molecule has 0 aliphatic carbocycles. The van der Waals surface area contributed by atoms with Crippen molar-refractivity contribution < 1.29 is 4.39 Å². The largest absolute Gasteiger partial charge is 0.398 e. The third-order valence-electron chi connectivity index (χ3n) is 2.55. The Balaban J connectivity index is 2.61. The second kappa shape index (κ2) is 5.40. The molecule has 0 saturated heterocycles. The Hall–Kier alpha value is -0.700. The first-order chi connectivity index (χ1) is 7.00. The van der Waals surface area contributed by atoms with Crippen LogP contribution in [-0.4, -0.2) is 5.25 Å². The highest BCUT2D eigenvalue weighted by Crippen LogP contribution is 2.26. The quantitative estimate of drug-likeness (QED) is 0.794. The Labute approximate surface area is 95.2 Å². The van der Waals surface area contributed by atoms with Crippen LogP contribution in [0.5, 0.6) is 0 Å². The number of hydrogen-bond acceptors (Lipinski definition) is 2. The summed E-state index contributed by atoms with van der Waals surface area (Å²) >= 11 is 1.81. The molecule has 0 saturated carbocycles. The first-order valence-electron chi connectivity index (χ1n) is 5.16. The van der Waals surface area contributed by atoms with E-state index < -0.39 is 0 Å². The molecule has 0 heterocycles. The molecule has 0 radical (unpaired) electrons. The Kier molecular flexibility index (Phi) is 4.45. The number of halogens is 1. The average Bonchev–Trinajstić information content (AvgIpc) is 2.18. The van der Waals surface area contributed by atoms with Crippen molar-refractivity contribution in [2.75, 3.05) is 5.73 Å². The summed E-state index contributed by atoms with van der Waals surface area (Å²) in [7, 11) is 0. The minimum Gasteiger partial charge on any atom is -0.398 e. The molecule has 2 N–H and O–H groups in total. The van der Waals surface area contributed by atoms with Crippen LogP contribution < -0.4 is 5.73 Å². The summed E-state index contributed by atoms with van der Waals surface area (Å²) in [6, 6.07) is 4.55. The zero-order chi connectivity index (χ0) is 11.4. The van der Waals surface area contributed by atoms with E-state index in [1.165, 1.54) is 12.1 Å². The van der Waals surface area contributed by atoms with E-state index in [1.807, 2.05) is 11.8 Å². The smallest absolute Gasteiger partial charge is 0.123 e. The van der Waals surface area contributed by atoms with Crippen LogP contribution in [0.4, 0.5) is 10.1 Å². The first kappa shape index (κ1) is 12.4. The zero-order valence-electron chi connectivity index (χ0n) is 9.46. The van der Waals surface area contributed by atoms with Gasteiger partial charge in [0.2, 0.25) is 0 Å². The topological polar surface area (TPSA) is 26.0 Å². The summed E-state index contributed by atoms with van der Waals surface area (Å²) in [5, 5.41) is 0.563. The Morgan fingerprint density at radius 3 is 2.60 bits per heavy atom. The van der Waals surface area contributed by atoms with Gasteiger partial charge in [-0.1, -0.05) is 20.8 Å². The summed E-state index contributed by atoms with van der Waals surface area (Å²) < 4.78 is 13.0. The maximum atomic E-state index is 13.0. The Bertz CT molecular complexity index is 325. The number of hydrogen-bond donors (Lipinski definition) is 1. The zero-order valence-corrected chi connectivity index (χ0v) is 10.3. The van der Waals surface area contributed by atoms with Crippen molar-refractivity contribution >= 4 is 17.4 Å². The van der Waals surface area contributed by atoms with Crippen molar-refractivity contribution in [3.05, 3.63) is 29.6 Å². The predicted molar refractivity (Wildman–Crippen MR) is 66.4 cm³/mol. The van der Waals surface area contributed by atoms with Gasteiger partial charge in [-0.3, -0.25) is 0 Å². The van der Waals surface area contributed by atoms with Crippen molar-refractivity contribution in [3.8, 4) is 0 Å². The van der Waals surface area contributed by atoms with Crippen LogP contribution in [0, 0.1) is 11.7 Å². The fraction of sp³-hybridized carbons (Fsp3) is 0.500. The van der Waals surface area contributed by atoms with Crippen LogP contribution in [-0.2, 0) is 5.75 Å². The molecule has 1 unspecified atom stereocenters. The minimum absolute atomic E-state index is 0.211. The highest BCUT2D eigenvalue weighted by Gasteiger charge is 2.09. The monoisotopic (exact) mass is 227 g/mol. The molecule has 84 valence electrons. The summed E-state index contributed by atoms with van der Waals surface area (Å²) in [4.78, 5) is 0. The van der Waals surface area contributed by atoms with Crippen molar-refractivity contribution in [3.63, 3.8) is 0 Å². The van der Waals surface area contributed by atoms with Crippen molar-refractivity contribution in [2.24, 2.45) is 5.92 Å². The van der Waals surface area contributed by atoms with E-state index in [1.54, 1.807) is 6.07 Å². The standard InChI is InChI=1S/C12H18FNS/c1-8(2)9(3)15-7-10-6-11(13)4-5-12(10)14/h4-6,8-9H,7,14H2,1-3H3. The van der Waals surface area contributed by atoms with Crippen LogP contribution in [0.15, 0.2) is 18.2 Å². The molecule has 1 aromatic carbocycles. The lowest BCUT2D eigenvalue weighted by molar-refractivity contribution is 0.626. The second-order valence-corrected chi connectivity index (χ2v) is 5.47. The maximum Gasteiger partial charge on any atom is 0.123 e. The van der Waals surface area contributed by atoms with Gasteiger partial charge in [-0.15, -0.1) is 0 Å². The molecule has 1 rings (SSSR count). The van der Waals surface area contributed by atoms with Gasteiger partial charge in [-0.25, -0.2) is 4.39 Å². The molecule has 0 aliphatic heterocycles. The highest BCUT2D eigenvalue weighted by molar-refractivity contribution is 7.99. The van der Waals surface area contributed by atoms with E-state index in [0.717, 1.165) is 11.3 Å². The van der Waals surface area contributed by atoms with Gasteiger partial charge >= 0.3 is 0 Å². The summed E-state index contributed by atoms with van der Waals surface area (Å²) in [6.45, 7) is 6.56. The van der Waals surface area contributed by atoms with Crippen LogP contribution in [0.25, 0.3) is 0 Å². The molecule has 1 atom stereocenters. The lowest BCUT2D eigenvalue weighted by atomic mass is 10.2. The summed E-state index contributed by atoms with van der Waals surface area (Å²) in [5.41, 5.74) is 7.35. The van der Waals surface area contributed by atoms with Gasteiger partial charge in [-0.05, 0) is 29.7 Å². The molecule has 0 aliphatic rings. The summed E-state index contributed by atoms with van der Waals surface area (Å²) in [5.74, 6) is 1.20. The molecule has 0 spiro atoms. The normalized spacial score (nSPS) is 13.1. The number of nitrogen functional groups attached to an aromatic ring is 1. The Morgan fingerprint density at radius 2 is 2.00 bits per heavy atom. The average molecular weight is 227 g/mol. The van der Waals surface area contributed by atoms with Gasteiger partial charge in [0.15, 0.2) is 0 Å². The van der Waals surface area contributed by atoms with Crippen LogP contribution in [0.1, 0.15) is 26.3 Å². The van der Waals surface area contributed by atoms with E-state index in [2.05, 4.69) is 20.8 Å². The van der Waals surface area contributed by atoms with E-state index in [-0.39, 0.29) is 5.82 Å². The maximum absolute atomic E-state index is 13.0. The highest BCUT2D eigenvalue weighted by atomic mass is 32.2. The number of thioether (sulfide) groups is 1. The number of nitrogens with two attached hydrogens (primary N) is 1. The van der Waals surface area contributed by atoms with Gasteiger partial charge < -0.3 is 5.73 Å². The number of benzene rings is 1. The SMILES string of the molecule is CC(C)C(C)SCc1cc(F)ccc1N. The minimum atomic E-state index is -0.211. The van der Waals surface area contributed by atoms with E-state index in [4.69, 9.17) is 5.73 Å². The third kappa shape index (κ3) is 3.74. The molecule has 3 heteroatoms. The molecule has 1 nitrogen and oxygen atoms in total. The fourth-order valence-electron chi connectivity index (χ4n) is 1.11. The van der Waals surface area contributed by atoms with Gasteiger partial charge in [-0.2, -0.15) is 11.8 Å². The molecule has 0 bridgehead atoms. The number of anilines is 1. The van der Waals surface area contributed by atoms with Gasteiger partial charge in [0.1, 0.15) is 5.82 Å². The lowest BCUT2D eigenvalue weighted by Gasteiger charge is -2.15. The summed E-state index contributed by atoms with van der Waals surface area (Å²) in [6.07, 6.45) is 0. The molecule has 1 aromatic rings. The number of rotatable bonds is 4. The molecule has 0 amide bonds. The van der Waals surface area contributed by atoms with Crippen LogP contribution >= 0.6 is 11.8 Å². The molecular formula is C12H18FNS. The van der Waals surface area contributed by atoms with Crippen molar-refractivity contribution in [1.82, 2.24) is 0 Å². The van der Waals surface area contributed by atoms with Crippen LogP contribution in [0.3, 0.4) is 0 Å². The van der Waals surface area contributed by atoms with E-state index in [0.29, 0.717) is 16.9 Å². The van der Waals surface area contributed by atoms with E-state index in [9.17, 15) is 4.39 Å².